The molecule has 1 unspecified atom stereocenters. The summed E-state index contributed by atoms with van der Waals surface area (Å²) in [4.78, 5) is 15.9. The van der Waals surface area contributed by atoms with Crippen LogP contribution >= 0.6 is 11.3 Å². The zero-order chi connectivity index (χ0) is 12.8. The number of nitrogens with zero attached hydrogens (tertiary/aromatic N) is 1. The third kappa shape index (κ3) is 2.08. The van der Waals surface area contributed by atoms with Crippen LogP contribution in [0.15, 0.2) is 17.5 Å². The van der Waals surface area contributed by atoms with E-state index in [2.05, 4.69) is 41.6 Å². The van der Waals surface area contributed by atoms with Crippen LogP contribution in [-0.4, -0.2) is 29.9 Å². The number of hydrogen-bond acceptors (Lipinski definition) is 3. The smallest absolute Gasteiger partial charge is 0.228 e. The van der Waals surface area contributed by atoms with Gasteiger partial charge >= 0.3 is 0 Å². The maximum Gasteiger partial charge on any atom is 0.228 e. The maximum absolute atomic E-state index is 12.5. The van der Waals surface area contributed by atoms with E-state index in [1.807, 2.05) is 0 Å². The van der Waals surface area contributed by atoms with E-state index < -0.39 is 0 Å². The molecule has 2 heterocycles. The van der Waals surface area contributed by atoms with Crippen LogP contribution in [0.5, 0.6) is 0 Å². The summed E-state index contributed by atoms with van der Waals surface area (Å²) in [6.45, 7) is 5.95. The first-order valence-electron chi connectivity index (χ1n) is 6.68. The summed E-state index contributed by atoms with van der Waals surface area (Å²) in [5, 5.41) is 5.65. The molecule has 0 spiro atoms. The standard InChI is InChI=1S/C14H20N2OS/c1-10-8-15-11(12-4-3-7-18-12)9-16(10)13(17)14(2)5-6-14/h3-4,7,10-11,15H,5-6,8-9H2,1-2H3/t10?,11-/m1/s1. The largest absolute Gasteiger partial charge is 0.336 e. The third-order valence-electron chi connectivity index (χ3n) is 4.23. The lowest BCUT2D eigenvalue weighted by Crippen LogP contribution is -2.55. The molecule has 1 saturated carbocycles. The molecule has 1 aromatic rings. The molecule has 0 radical (unpaired) electrons. The van der Waals surface area contributed by atoms with Crippen LogP contribution in [0.1, 0.15) is 37.6 Å². The van der Waals surface area contributed by atoms with Crippen molar-refractivity contribution in [2.45, 2.75) is 38.8 Å². The van der Waals surface area contributed by atoms with E-state index in [4.69, 9.17) is 0 Å². The number of nitrogens with one attached hydrogen (secondary N) is 1. The normalized spacial score (nSPS) is 30.2. The number of carbonyl (C=O) groups is 1. The zero-order valence-electron chi connectivity index (χ0n) is 11.0. The molecule has 3 rings (SSSR count). The molecule has 18 heavy (non-hydrogen) atoms. The Labute approximate surface area is 112 Å². The van der Waals surface area contributed by atoms with Crippen molar-refractivity contribution in [2.24, 2.45) is 5.41 Å². The summed E-state index contributed by atoms with van der Waals surface area (Å²) < 4.78 is 0. The molecule has 1 aliphatic carbocycles. The second-order valence-electron chi connectivity index (χ2n) is 5.84. The van der Waals surface area contributed by atoms with Crippen molar-refractivity contribution < 1.29 is 4.79 Å². The highest BCUT2D eigenvalue weighted by Crippen LogP contribution is 2.47. The van der Waals surface area contributed by atoms with Crippen molar-refractivity contribution in [1.82, 2.24) is 10.2 Å². The first-order chi connectivity index (χ1) is 8.60. The molecule has 1 aromatic heterocycles. The Balaban J connectivity index is 1.75. The van der Waals surface area contributed by atoms with E-state index in [1.54, 1.807) is 11.3 Å². The summed E-state index contributed by atoms with van der Waals surface area (Å²) in [5.74, 6) is 0.359. The van der Waals surface area contributed by atoms with Gasteiger partial charge in [-0.25, -0.2) is 0 Å². The van der Waals surface area contributed by atoms with Gasteiger partial charge in [0.25, 0.3) is 0 Å². The highest BCUT2D eigenvalue weighted by atomic mass is 32.1. The Morgan fingerprint density at radius 1 is 1.56 bits per heavy atom. The van der Waals surface area contributed by atoms with Crippen molar-refractivity contribution in [1.29, 1.82) is 0 Å². The van der Waals surface area contributed by atoms with E-state index in [1.165, 1.54) is 4.88 Å². The summed E-state index contributed by atoms with van der Waals surface area (Å²) in [5.41, 5.74) is -0.0500. The predicted octanol–water partition coefficient (Wildman–Crippen LogP) is 2.41. The van der Waals surface area contributed by atoms with Gasteiger partial charge in [0.15, 0.2) is 0 Å². The van der Waals surface area contributed by atoms with Gasteiger partial charge in [-0.1, -0.05) is 13.0 Å². The van der Waals surface area contributed by atoms with Crippen LogP contribution in [0.25, 0.3) is 0 Å². The van der Waals surface area contributed by atoms with Crippen LogP contribution in [-0.2, 0) is 4.79 Å². The molecule has 2 atom stereocenters. The number of rotatable bonds is 2. The van der Waals surface area contributed by atoms with Crippen LogP contribution < -0.4 is 5.32 Å². The number of piperazine rings is 1. The minimum Gasteiger partial charge on any atom is -0.336 e. The first-order valence-corrected chi connectivity index (χ1v) is 7.56. The molecule has 1 N–H and O–H groups in total. The average molecular weight is 264 g/mol. The first kappa shape index (κ1) is 12.2. The minimum absolute atomic E-state index is 0.0500. The Kier molecular flexibility index (Phi) is 2.94. The predicted molar refractivity (Wildman–Crippen MR) is 73.6 cm³/mol. The van der Waals surface area contributed by atoms with Crippen molar-refractivity contribution >= 4 is 17.2 Å². The Hall–Kier alpha value is -0.870. The van der Waals surface area contributed by atoms with Crippen molar-refractivity contribution in [3.8, 4) is 0 Å². The molecule has 2 aliphatic rings. The topological polar surface area (TPSA) is 32.3 Å². The van der Waals surface area contributed by atoms with Crippen LogP contribution in [0, 0.1) is 5.41 Å². The molecule has 2 fully saturated rings. The molecule has 1 aliphatic heterocycles. The minimum atomic E-state index is -0.0500. The molecule has 98 valence electrons. The summed E-state index contributed by atoms with van der Waals surface area (Å²) in [7, 11) is 0. The average Bonchev–Trinajstić information content (AvgIpc) is 2.92. The second kappa shape index (κ2) is 4.35. The Bertz CT molecular complexity index is 439. The van der Waals surface area contributed by atoms with E-state index in [0.717, 1.165) is 25.9 Å². The van der Waals surface area contributed by atoms with Crippen molar-refractivity contribution in [3.63, 3.8) is 0 Å². The van der Waals surface area contributed by atoms with Gasteiger partial charge in [-0.15, -0.1) is 11.3 Å². The monoisotopic (exact) mass is 264 g/mol. The van der Waals surface area contributed by atoms with Gasteiger partial charge in [0.1, 0.15) is 0 Å². The lowest BCUT2D eigenvalue weighted by molar-refractivity contribution is -0.140. The van der Waals surface area contributed by atoms with Gasteiger partial charge in [0.2, 0.25) is 5.91 Å². The lowest BCUT2D eigenvalue weighted by Gasteiger charge is -2.40. The molecule has 3 nitrogen and oxygen atoms in total. The molecular formula is C14H20N2OS. The van der Waals surface area contributed by atoms with Gasteiger partial charge in [-0.3, -0.25) is 4.79 Å². The van der Waals surface area contributed by atoms with E-state index in [9.17, 15) is 4.79 Å². The van der Waals surface area contributed by atoms with Gasteiger partial charge < -0.3 is 10.2 Å². The van der Waals surface area contributed by atoms with Crippen LogP contribution in [0.4, 0.5) is 0 Å². The molecule has 1 saturated heterocycles. The van der Waals surface area contributed by atoms with E-state index >= 15 is 0 Å². The Morgan fingerprint density at radius 2 is 2.33 bits per heavy atom. The fourth-order valence-corrected chi connectivity index (χ4v) is 3.37. The number of thiophene rings is 1. The lowest BCUT2D eigenvalue weighted by atomic mass is 10.0. The SMILES string of the molecule is CC1CN[C@@H](c2cccs2)CN1C(=O)C1(C)CC1. The number of carbonyl (C=O) groups excluding carboxylic acids is 1. The third-order valence-corrected chi connectivity index (χ3v) is 5.22. The van der Waals surface area contributed by atoms with Gasteiger partial charge in [-0.05, 0) is 31.2 Å². The van der Waals surface area contributed by atoms with E-state index in [-0.39, 0.29) is 5.41 Å². The van der Waals surface area contributed by atoms with Gasteiger partial charge in [-0.2, -0.15) is 0 Å². The van der Waals surface area contributed by atoms with Gasteiger partial charge in [0, 0.05) is 29.4 Å². The molecular weight excluding hydrogens is 244 g/mol. The summed E-state index contributed by atoms with van der Waals surface area (Å²) in [6, 6.07) is 4.85. The second-order valence-corrected chi connectivity index (χ2v) is 6.82. The number of amides is 1. The quantitative estimate of drug-likeness (QED) is 0.889. The van der Waals surface area contributed by atoms with Crippen LogP contribution in [0.3, 0.4) is 0 Å². The number of hydrogen-bond donors (Lipinski definition) is 1. The maximum atomic E-state index is 12.5. The molecule has 4 heteroatoms. The fourth-order valence-electron chi connectivity index (χ4n) is 2.58. The van der Waals surface area contributed by atoms with Gasteiger partial charge in [0.05, 0.1) is 6.04 Å². The highest BCUT2D eigenvalue weighted by Gasteiger charge is 2.48. The van der Waals surface area contributed by atoms with Crippen molar-refractivity contribution in [2.75, 3.05) is 13.1 Å². The summed E-state index contributed by atoms with van der Waals surface area (Å²) >= 11 is 1.77. The summed E-state index contributed by atoms with van der Waals surface area (Å²) in [6.07, 6.45) is 2.12. The fraction of sp³-hybridized carbons (Fsp3) is 0.643. The van der Waals surface area contributed by atoms with Crippen LogP contribution in [0.2, 0.25) is 0 Å². The molecule has 1 amide bonds. The van der Waals surface area contributed by atoms with E-state index in [0.29, 0.717) is 18.0 Å². The zero-order valence-corrected chi connectivity index (χ0v) is 11.8. The Morgan fingerprint density at radius 3 is 2.94 bits per heavy atom. The molecule has 0 aromatic carbocycles. The molecule has 0 bridgehead atoms. The van der Waals surface area contributed by atoms with Crippen molar-refractivity contribution in [3.05, 3.63) is 22.4 Å². The highest BCUT2D eigenvalue weighted by molar-refractivity contribution is 7.10.